The van der Waals surface area contributed by atoms with E-state index < -0.39 is 10.5 Å². The Hall–Kier alpha value is -3.61. The zero-order chi connectivity index (χ0) is 18.7. The van der Waals surface area contributed by atoms with E-state index in [1.807, 2.05) is 30.3 Å². The normalized spacial score (nSPS) is 10.5. The average molecular weight is 353 g/mol. The van der Waals surface area contributed by atoms with Crippen molar-refractivity contribution in [1.29, 1.82) is 0 Å². The first-order chi connectivity index (χ1) is 12.5. The number of nitrogens with zero attached hydrogens (tertiary/aromatic N) is 1. The van der Waals surface area contributed by atoms with E-state index in [-0.39, 0.29) is 29.6 Å². The number of nitro benzene ring substituents is 1. The van der Waals surface area contributed by atoms with Gasteiger partial charge in [0.25, 0.3) is 5.69 Å². The molecule has 0 aliphatic rings. The fourth-order valence-corrected chi connectivity index (χ4v) is 2.46. The topological polar surface area (TPSA) is 103 Å². The van der Waals surface area contributed by atoms with Crippen LogP contribution in [0.1, 0.15) is 11.1 Å². The second kappa shape index (κ2) is 7.10. The van der Waals surface area contributed by atoms with Crippen molar-refractivity contribution in [1.82, 2.24) is 0 Å². The summed E-state index contributed by atoms with van der Waals surface area (Å²) in [5, 5.41) is 21.1. The monoisotopic (exact) mass is 353 g/mol. The number of ether oxygens (including phenoxy) is 1. The molecule has 3 rings (SSSR count). The first-order valence-electron chi connectivity index (χ1n) is 7.75. The van der Waals surface area contributed by atoms with Crippen molar-refractivity contribution in [2.24, 2.45) is 0 Å². The third kappa shape index (κ3) is 3.41. The molecule has 0 fully saturated rings. The molecule has 0 spiro atoms. The minimum atomic E-state index is -0.822. The van der Waals surface area contributed by atoms with Crippen LogP contribution in [-0.2, 0) is 6.61 Å². The van der Waals surface area contributed by atoms with Crippen LogP contribution in [0, 0.1) is 17.0 Å². The Kier molecular flexibility index (Phi) is 4.70. The van der Waals surface area contributed by atoms with E-state index in [1.54, 1.807) is 6.92 Å². The second-order valence-corrected chi connectivity index (χ2v) is 5.60. The van der Waals surface area contributed by atoms with Crippen molar-refractivity contribution in [3.05, 3.63) is 86.3 Å². The quantitative estimate of drug-likeness (QED) is 0.553. The lowest BCUT2D eigenvalue weighted by Gasteiger charge is -2.11. The van der Waals surface area contributed by atoms with Gasteiger partial charge in [-0.1, -0.05) is 30.3 Å². The molecule has 1 N–H and O–H groups in total. The van der Waals surface area contributed by atoms with Gasteiger partial charge in [0.2, 0.25) is 5.75 Å². The first kappa shape index (κ1) is 17.2. The van der Waals surface area contributed by atoms with Crippen LogP contribution in [0.5, 0.6) is 11.5 Å². The van der Waals surface area contributed by atoms with Crippen LogP contribution < -0.4 is 10.4 Å². The lowest BCUT2D eigenvalue weighted by molar-refractivity contribution is -0.384. The van der Waals surface area contributed by atoms with Crippen LogP contribution in [0.15, 0.2) is 63.8 Å². The van der Waals surface area contributed by atoms with Crippen LogP contribution in [0.25, 0.3) is 11.3 Å². The molecule has 0 unspecified atom stereocenters. The molecule has 1 aromatic heterocycles. The molecule has 0 atom stereocenters. The summed E-state index contributed by atoms with van der Waals surface area (Å²) in [6, 6.07) is 14.7. The van der Waals surface area contributed by atoms with Gasteiger partial charge < -0.3 is 14.3 Å². The van der Waals surface area contributed by atoms with Gasteiger partial charge in [0, 0.05) is 23.3 Å². The summed E-state index contributed by atoms with van der Waals surface area (Å²) in [6.45, 7) is 1.68. The van der Waals surface area contributed by atoms with Crippen molar-refractivity contribution in [3.8, 4) is 22.8 Å². The van der Waals surface area contributed by atoms with Crippen LogP contribution in [-0.4, -0.2) is 10.0 Å². The van der Waals surface area contributed by atoms with Gasteiger partial charge >= 0.3 is 5.63 Å². The third-order valence-electron chi connectivity index (χ3n) is 3.86. The lowest BCUT2D eigenvalue weighted by Crippen LogP contribution is -2.09. The smallest absolute Gasteiger partial charge is 0.383 e. The number of aromatic hydroxyl groups is 1. The molecule has 132 valence electrons. The van der Waals surface area contributed by atoms with Crippen molar-refractivity contribution in [2.75, 3.05) is 0 Å². The van der Waals surface area contributed by atoms with Gasteiger partial charge in [-0.05, 0) is 24.6 Å². The molecule has 2 aromatic carbocycles. The van der Waals surface area contributed by atoms with Crippen LogP contribution in [0.2, 0.25) is 0 Å². The number of hydrogen-bond donors (Lipinski definition) is 1. The van der Waals surface area contributed by atoms with Crippen LogP contribution >= 0.6 is 0 Å². The number of nitro groups is 1. The maximum atomic E-state index is 12.2. The Bertz CT molecular complexity index is 993. The van der Waals surface area contributed by atoms with Gasteiger partial charge in [0.1, 0.15) is 12.4 Å². The van der Waals surface area contributed by atoms with E-state index in [2.05, 4.69) is 0 Å². The van der Waals surface area contributed by atoms with E-state index >= 15 is 0 Å². The van der Waals surface area contributed by atoms with Gasteiger partial charge in [-0.25, -0.2) is 4.79 Å². The number of hydrogen-bond acceptors (Lipinski definition) is 6. The maximum absolute atomic E-state index is 12.2. The number of benzene rings is 2. The molecule has 0 aliphatic carbocycles. The van der Waals surface area contributed by atoms with Gasteiger partial charge in [-0.15, -0.1) is 0 Å². The molecule has 7 heteroatoms. The van der Waals surface area contributed by atoms with Gasteiger partial charge in [0.05, 0.1) is 4.92 Å². The Morgan fingerprint density at radius 1 is 1.12 bits per heavy atom. The Balaban J connectivity index is 1.92. The van der Waals surface area contributed by atoms with E-state index in [9.17, 15) is 20.0 Å². The minimum Gasteiger partial charge on any atom is -0.504 e. The van der Waals surface area contributed by atoms with E-state index in [0.29, 0.717) is 11.1 Å². The summed E-state index contributed by atoms with van der Waals surface area (Å²) in [6.07, 6.45) is 0. The average Bonchev–Trinajstić information content (AvgIpc) is 2.65. The summed E-state index contributed by atoms with van der Waals surface area (Å²) in [4.78, 5) is 22.4. The second-order valence-electron chi connectivity index (χ2n) is 5.60. The molecule has 0 radical (unpaired) electrons. The molecule has 0 saturated heterocycles. The minimum absolute atomic E-state index is 0.0826. The SMILES string of the molecule is Cc1c(-c2ccc([N+](=O)[O-])cc2)oc(=O)c(OCc2ccccc2)c1O. The van der Waals surface area contributed by atoms with E-state index in [4.69, 9.17) is 9.15 Å². The molecule has 3 aromatic rings. The lowest BCUT2D eigenvalue weighted by atomic mass is 10.1. The van der Waals surface area contributed by atoms with Gasteiger partial charge in [0.15, 0.2) is 5.75 Å². The highest BCUT2D eigenvalue weighted by Gasteiger charge is 2.19. The standard InChI is InChI=1S/C19H15NO6/c1-12-16(21)18(25-11-13-5-3-2-4-6-13)19(22)26-17(12)14-7-9-15(10-8-14)20(23)24/h2-10,21H,11H2,1H3. The van der Waals surface area contributed by atoms with Crippen molar-refractivity contribution >= 4 is 5.69 Å². The highest BCUT2D eigenvalue weighted by atomic mass is 16.6. The van der Waals surface area contributed by atoms with Crippen LogP contribution in [0.4, 0.5) is 5.69 Å². The summed E-state index contributed by atoms with van der Waals surface area (Å²) in [5.41, 5.74) is 0.679. The number of non-ortho nitro benzene ring substituents is 1. The van der Waals surface area contributed by atoms with Crippen LogP contribution in [0.3, 0.4) is 0 Å². The fourth-order valence-electron chi connectivity index (χ4n) is 2.46. The molecule has 26 heavy (non-hydrogen) atoms. The van der Waals surface area contributed by atoms with Crippen molar-refractivity contribution < 1.29 is 19.2 Å². The van der Waals surface area contributed by atoms with E-state index in [0.717, 1.165) is 5.56 Å². The first-order valence-corrected chi connectivity index (χ1v) is 7.75. The molecule has 0 bridgehead atoms. The predicted octanol–water partition coefficient (Wildman–Crippen LogP) is 3.81. The van der Waals surface area contributed by atoms with E-state index in [1.165, 1.54) is 24.3 Å². The summed E-state index contributed by atoms with van der Waals surface area (Å²) in [7, 11) is 0. The third-order valence-corrected chi connectivity index (χ3v) is 3.86. The van der Waals surface area contributed by atoms with Crippen molar-refractivity contribution in [3.63, 3.8) is 0 Å². The Labute approximate surface area is 148 Å². The fraction of sp³-hybridized carbons (Fsp3) is 0.105. The summed E-state index contributed by atoms with van der Waals surface area (Å²) in [5.74, 6) is -0.447. The highest BCUT2D eigenvalue weighted by Crippen LogP contribution is 2.34. The molecule has 0 aliphatic heterocycles. The maximum Gasteiger partial charge on any atom is 0.383 e. The van der Waals surface area contributed by atoms with Gasteiger partial charge in [-0.2, -0.15) is 0 Å². The zero-order valence-corrected chi connectivity index (χ0v) is 13.8. The Morgan fingerprint density at radius 3 is 2.38 bits per heavy atom. The molecular weight excluding hydrogens is 338 g/mol. The predicted molar refractivity (Wildman–Crippen MR) is 94.2 cm³/mol. The molecule has 1 heterocycles. The highest BCUT2D eigenvalue weighted by molar-refractivity contribution is 5.66. The van der Waals surface area contributed by atoms with Gasteiger partial charge in [-0.3, -0.25) is 10.1 Å². The number of rotatable bonds is 5. The molecule has 7 nitrogen and oxygen atoms in total. The molecule has 0 amide bonds. The zero-order valence-electron chi connectivity index (χ0n) is 13.8. The molecular formula is C19H15NO6. The van der Waals surface area contributed by atoms with Crippen molar-refractivity contribution in [2.45, 2.75) is 13.5 Å². The molecule has 0 saturated carbocycles. The summed E-state index contributed by atoms with van der Waals surface area (Å²) < 4.78 is 10.7. The summed E-state index contributed by atoms with van der Waals surface area (Å²) >= 11 is 0. The largest absolute Gasteiger partial charge is 0.504 e. The Morgan fingerprint density at radius 2 is 1.77 bits per heavy atom.